The largest absolute Gasteiger partial charge is 0.460 e. The molecule has 2 rings (SSSR count). The van der Waals surface area contributed by atoms with Crippen molar-refractivity contribution in [3.63, 3.8) is 0 Å². The minimum Gasteiger partial charge on any atom is -0.460 e. The van der Waals surface area contributed by atoms with Crippen LogP contribution in [0.1, 0.15) is 27.2 Å². The second-order valence-corrected chi connectivity index (χ2v) is 7.04. The van der Waals surface area contributed by atoms with E-state index in [1.54, 1.807) is 11.8 Å². The van der Waals surface area contributed by atoms with Gasteiger partial charge in [0, 0.05) is 23.0 Å². The van der Waals surface area contributed by atoms with Crippen LogP contribution in [0.4, 0.5) is 0 Å². The Morgan fingerprint density at radius 2 is 2.05 bits per heavy atom. The molecule has 104 valence electrons. The van der Waals surface area contributed by atoms with Gasteiger partial charge >= 0.3 is 5.97 Å². The van der Waals surface area contributed by atoms with E-state index < -0.39 is 0 Å². The van der Waals surface area contributed by atoms with Gasteiger partial charge in [-0.3, -0.25) is 4.79 Å². The summed E-state index contributed by atoms with van der Waals surface area (Å²) in [4.78, 5) is 12.2. The molecular formula is C15H20O3S. The highest BCUT2D eigenvalue weighted by Gasteiger charge is 2.39. The van der Waals surface area contributed by atoms with Crippen LogP contribution < -0.4 is 0 Å². The molecule has 1 aliphatic rings. The maximum Gasteiger partial charge on any atom is 0.302 e. The van der Waals surface area contributed by atoms with Crippen molar-refractivity contribution in [1.29, 1.82) is 0 Å². The van der Waals surface area contributed by atoms with E-state index >= 15 is 0 Å². The van der Waals surface area contributed by atoms with Crippen LogP contribution in [0.3, 0.4) is 0 Å². The van der Waals surface area contributed by atoms with E-state index in [9.17, 15) is 4.79 Å². The van der Waals surface area contributed by atoms with Crippen molar-refractivity contribution in [1.82, 2.24) is 0 Å². The lowest BCUT2D eigenvalue weighted by Crippen LogP contribution is -2.32. The lowest BCUT2D eigenvalue weighted by atomic mass is 10.0. The first-order chi connectivity index (χ1) is 8.97. The Hall–Kier alpha value is -1.00. The van der Waals surface area contributed by atoms with Crippen molar-refractivity contribution in [3.05, 3.63) is 30.3 Å². The molecule has 1 saturated heterocycles. The normalized spacial score (nSPS) is 23.3. The van der Waals surface area contributed by atoms with Gasteiger partial charge in [-0.2, -0.15) is 0 Å². The highest BCUT2D eigenvalue weighted by molar-refractivity contribution is 8.00. The van der Waals surface area contributed by atoms with Crippen LogP contribution in [-0.2, 0) is 14.3 Å². The fourth-order valence-corrected chi connectivity index (χ4v) is 3.45. The fraction of sp³-hybridized carbons (Fsp3) is 0.533. The maximum absolute atomic E-state index is 11.0. The highest BCUT2D eigenvalue weighted by atomic mass is 32.2. The topological polar surface area (TPSA) is 35.5 Å². The summed E-state index contributed by atoms with van der Waals surface area (Å²) in [5.74, 6) is -0.234. The first kappa shape index (κ1) is 14.4. The molecular weight excluding hydrogens is 260 g/mol. The molecule has 0 saturated carbocycles. The predicted molar refractivity (Wildman–Crippen MR) is 76.3 cm³/mol. The van der Waals surface area contributed by atoms with E-state index in [0.717, 1.165) is 6.42 Å². The van der Waals surface area contributed by atoms with Gasteiger partial charge in [0.05, 0.1) is 12.7 Å². The Morgan fingerprint density at radius 3 is 2.68 bits per heavy atom. The Bertz CT molecular complexity index is 430. The molecule has 1 heterocycles. The second-order valence-electron chi connectivity index (χ2n) is 5.31. The molecule has 4 heteroatoms. The number of thioether (sulfide) groups is 1. The van der Waals surface area contributed by atoms with Crippen LogP contribution in [0.5, 0.6) is 0 Å². The van der Waals surface area contributed by atoms with Crippen molar-refractivity contribution in [2.45, 2.75) is 49.0 Å². The molecule has 0 unspecified atom stereocenters. The molecule has 1 fully saturated rings. The summed E-state index contributed by atoms with van der Waals surface area (Å²) in [5.41, 5.74) is 0. The summed E-state index contributed by atoms with van der Waals surface area (Å²) in [5, 5.41) is 0. The summed E-state index contributed by atoms with van der Waals surface area (Å²) < 4.78 is 11.0. The number of ether oxygens (including phenoxy) is 2. The lowest BCUT2D eigenvalue weighted by Gasteiger charge is -2.30. The first-order valence-corrected chi connectivity index (χ1v) is 7.32. The lowest BCUT2D eigenvalue weighted by molar-refractivity contribution is -0.146. The van der Waals surface area contributed by atoms with E-state index in [4.69, 9.17) is 9.47 Å². The zero-order chi connectivity index (χ0) is 13.9. The molecule has 1 aromatic carbocycles. The van der Waals surface area contributed by atoms with Gasteiger partial charge in [-0.1, -0.05) is 18.2 Å². The summed E-state index contributed by atoms with van der Waals surface area (Å²) in [7, 11) is 0. The third kappa shape index (κ3) is 3.98. The van der Waals surface area contributed by atoms with Crippen LogP contribution in [0.15, 0.2) is 35.2 Å². The standard InChI is InChI=1S/C15H20O3S/c1-11(16)18-12-9-14(17-10-12)15(2,3)19-13-7-5-4-6-8-13/h4-8,12,14H,9-10H2,1-3H3/t12-,14+/m0/s1. The van der Waals surface area contributed by atoms with E-state index in [1.807, 2.05) is 18.2 Å². The van der Waals surface area contributed by atoms with E-state index in [2.05, 4.69) is 26.0 Å². The van der Waals surface area contributed by atoms with Gasteiger partial charge in [0.15, 0.2) is 0 Å². The molecule has 0 radical (unpaired) electrons. The Labute approximate surface area is 118 Å². The van der Waals surface area contributed by atoms with E-state index in [-0.39, 0.29) is 22.9 Å². The molecule has 19 heavy (non-hydrogen) atoms. The Kier molecular flexibility index (Phi) is 4.53. The van der Waals surface area contributed by atoms with Crippen molar-refractivity contribution < 1.29 is 14.3 Å². The predicted octanol–water partition coefficient (Wildman–Crippen LogP) is 3.28. The monoisotopic (exact) mass is 280 g/mol. The molecule has 0 aromatic heterocycles. The highest BCUT2D eigenvalue weighted by Crippen LogP contribution is 2.40. The average Bonchev–Trinajstić information content (AvgIpc) is 2.78. The van der Waals surface area contributed by atoms with Gasteiger partial charge < -0.3 is 9.47 Å². The SMILES string of the molecule is CC(=O)O[C@@H]1CO[C@@H](C(C)(C)Sc2ccccc2)C1. The maximum atomic E-state index is 11.0. The molecule has 1 aromatic rings. The molecule has 0 amide bonds. The third-order valence-corrected chi connectivity index (χ3v) is 4.49. The molecule has 1 aliphatic heterocycles. The molecule has 3 nitrogen and oxygen atoms in total. The van der Waals surface area contributed by atoms with Gasteiger partial charge in [0.1, 0.15) is 6.10 Å². The number of carbonyl (C=O) groups excluding carboxylic acids is 1. The quantitative estimate of drug-likeness (QED) is 0.626. The third-order valence-electron chi connectivity index (χ3n) is 3.19. The Balaban J connectivity index is 1.95. The van der Waals surface area contributed by atoms with Crippen LogP contribution in [-0.4, -0.2) is 29.5 Å². The molecule has 0 aliphatic carbocycles. The van der Waals surface area contributed by atoms with Crippen LogP contribution in [0.25, 0.3) is 0 Å². The summed E-state index contributed by atoms with van der Waals surface area (Å²) >= 11 is 1.80. The Morgan fingerprint density at radius 1 is 1.37 bits per heavy atom. The van der Waals surface area contributed by atoms with Crippen molar-refractivity contribution in [2.75, 3.05) is 6.61 Å². The number of hydrogen-bond acceptors (Lipinski definition) is 4. The van der Waals surface area contributed by atoms with Crippen LogP contribution in [0.2, 0.25) is 0 Å². The zero-order valence-corrected chi connectivity index (χ0v) is 12.4. The fourth-order valence-electron chi connectivity index (χ4n) is 2.26. The summed E-state index contributed by atoms with van der Waals surface area (Å²) in [6.45, 7) is 6.29. The van der Waals surface area contributed by atoms with Crippen molar-refractivity contribution in [3.8, 4) is 0 Å². The van der Waals surface area contributed by atoms with Gasteiger partial charge in [-0.05, 0) is 26.0 Å². The first-order valence-electron chi connectivity index (χ1n) is 6.50. The van der Waals surface area contributed by atoms with Gasteiger partial charge in [-0.15, -0.1) is 11.8 Å². The van der Waals surface area contributed by atoms with Crippen LogP contribution in [0, 0.1) is 0 Å². The molecule has 0 bridgehead atoms. The number of carbonyl (C=O) groups is 1. The van der Waals surface area contributed by atoms with Crippen molar-refractivity contribution >= 4 is 17.7 Å². The van der Waals surface area contributed by atoms with Gasteiger partial charge in [0.2, 0.25) is 0 Å². The van der Waals surface area contributed by atoms with Gasteiger partial charge in [-0.25, -0.2) is 0 Å². The minimum atomic E-state index is -0.234. The smallest absolute Gasteiger partial charge is 0.302 e. The van der Waals surface area contributed by atoms with Gasteiger partial charge in [0.25, 0.3) is 0 Å². The summed E-state index contributed by atoms with van der Waals surface area (Å²) in [6.07, 6.45) is 0.770. The van der Waals surface area contributed by atoms with E-state index in [0.29, 0.717) is 6.61 Å². The number of esters is 1. The minimum absolute atomic E-state index is 0.0454. The van der Waals surface area contributed by atoms with Crippen LogP contribution >= 0.6 is 11.8 Å². The molecule has 2 atom stereocenters. The zero-order valence-electron chi connectivity index (χ0n) is 11.6. The molecule has 0 spiro atoms. The number of benzene rings is 1. The number of hydrogen-bond donors (Lipinski definition) is 0. The average molecular weight is 280 g/mol. The number of rotatable bonds is 4. The summed E-state index contributed by atoms with van der Waals surface area (Å²) in [6, 6.07) is 10.3. The molecule has 0 N–H and O–H groups in total. The van der Waals surface area contributed by atoms with Crippen molar-refractivity contribution in [2.24, 2.45) is 0 Å². The van der Waals surface area contributed by atoms with E-state index in [1.165, 1.54) is 11.8 Å². The second kappa shape index (κ2) is 5.97.